The smallest absolute Gasteiger partial charge is 0.0349 e. The summed E-state index contributed by atoms with van der Waals surface area (Å²) in [4.78, 5) is 0. The summed E-state index contributed by atoms with van der Waals surface area (Å²) in [5.41, 5.74) is 0. The molecule has 0 radical (unpaired) electrons. The fourth-order valence-electron chi connectivity index (χ4n) is 4.25. The van der Waals surface area contributed by atoms with E-state index in [4.69, 9.17) is 0 Å². The number of rotatable bonds is 2. The summed E-state index contributed by atoms with van der Waals surface area (Å²) in [5.74, 6) is 5.94. The SMILES string of the molecule is CCCC1CC2CCC1C1CC21. The number of hydrogen-bond acceptors (Lipinski definition) is 0. The molecule has 0 nitrogen and oxygen atoms in total. The summed E-state index contributed by atoms with van der Waals surface area (Å²) in [6, 6.07) is 0. The van der Waals surface area contributed by atoms with Gasteiger partial charge in [-0.1, -0.05) is 19.8 Å². The van der Waals surface area contributed by atoms with Gasteiger partial charge in [-0.25, -0.2) is 0 Å². The van der Waals surface area contributed by atoms with Gasteiger partial charge in [0.25, 0.3) is 0 Å². The molecule has 4 fully saturated rings. The van der Waals surface area contributed by atoms with Crippen LogP contribution in [-0.2, 0) is 0 Å². The van der Waals surface area contributed by atoms with Gasteiger partial charge < -0.3 is 0 Å². The van der Waals surface area contributed by atoms with Gasteiger partial charge >= 0.3 is 0 Å². The first-order chi connectivity index (χ1) is 5.90. The summed E-state index contributed by atoms with van der Waals surface area (Å²) in [5, 5.41) is 0. The molecular formula is C12H20. The molecule has 68 valence electrons. The molecular weight excluding hydrogens is 144 g/mol. The standard InChI is InChI=1S/C12H20/c1-2-3-8-6-9-4-5-10(8)12-7-11(9)12/h8-12H,2-7H2,1H3. The van der Waals surface area contributed by atoms with Crippen LogP contribution in [0.15, 0.2) is 0 Å². The van der Waals surface area contributed by atoms with Gasteiger partial charge in [-0.15, -0.1) is 0 Å². The Morgan fingerprint density at radius 1 is 1.00 bits per heavy atom. The molecule has 0 aromatic heterocycles. The molecule has 0 aliphatic heterocycles. The van der Waals surface area contributed by atoms with E-state index < -0.39 is 0 Å². The van der Waals surface area contributed by atoms with Gasteiger partial charge in [-0.05, 0) is 55.3 Å². The molecule has 5 atom stereocenters. The van der Waals surface area contributed by atoms with Crippen LogP contribution in [0.25, 0.3) is 0 Å². The van der Waals surface area contributed by atoms with E-state index in [1.165, 1.54) is 36.5 Å². The van der Waals surface area contributed by atoms with Crippen molar-refractivity contribution in [1.29, 1.82) is 0 Å². The highest BCUT2D eigenvalue weighted by Crippen LogP contribution is 2.64. The summed E-state index contributed by atoms with van der Waals surface area (Å²) >= 11 is 0. The Balaban J connectivity index is 1.75. The van der Waals surface area contributed by atoms with Crippen molar-refractivity contribution in [2.45, 2.75) is 45.4 Å². The lowest BCUT2D eigenvalue weighted by Crippen LogP contribution is -2.33. The highest BCUT2D eigenvalue weighted by atomic mass is 14.6. The zero-order valence-corrected chi connectivity index (χ0v) is 8.13. The third-order valence-corrected chi connectivity index (χ3v) is 4.79. The van der Waals surface area contributed by atoms with Crippen molar-refractivity contribution in [3.05, 3.63) is 0 Å². The van der Waals surface area contributed by atoms with Crippen LogP contribution in [0.4, 0.5) is 0 Å². The minimum Gasteiger partial charge on any atom is -0.0654 e. The van der Waals surface area contributed by atoms with E-state index in [0.29, 0.717) is 0 Å². The second-order valence-electron chi connectivity index (χ2n) is 5.35. The van der Waals surface area contributed by atoms with E-state index in [9.17, 15) is 0 Å². The first-order valence-corrected chi connectivity index (χ1v) is 5.90. The van der Waals surface area contributed by atoms with Gasteiger partial charge in [0, 0.05) is 0 Å². The maximum Gasteiger partial charge on any atom is -0.0349 e. The normalized spacial score (nSPS) is 55.2. The molecule has 0 aromatic rings. The number of hydrogen-bond donors (Lipinski definition) is 0. The first-order valence-electron chi connectivity index (χ1n) is 5.90. The highest BCUT2D eigenvalue weighted by molar-refractivity contribution is 5.05. The van der Waals surface area contributed by atoms with Crippen LogP contribution < -0.4 is 0 Å². The Kier molecular flexibility index (Phi) is 1.54. The lowest BCUT2D eigenvalue weighted by atomic mass is 9.64. The molecule has 5 unspecified atom stereocenters. The molecule has 0 aromatic carbocycles. The molecule has 4 aliphatic carbocycles. The van der Waals surface area contributed by atoms with E-state index in [1.54, 1.807) is 25.7 Å². The van der Waals surface area contributed by atoms with Crippen LogP contribution in [0.3, 0.4) is 0 Å². The second kappa shape index (κ2) is 2.49. The predicted molar refractivity (Wildman–Crippen MR) is 50.8 cm³/mol. The minimum absolute atomic E-state index is 1.15. The van der Waals surface area contributed by atoms with E-state index in [0.717, 1.165) is 5.92 Å². The van der Waals surface area contributed by atoms with Crippen LogP contribution in [-0.4, -0.2) is 0 Å². The van der Waals surface area contributed by atoms with Crippen LogP contribution in [0, 0.1) is 29.6 Å². The Morgan fingerprint density at radius 3 is 2.67 bits per heavy atom. The van der Waals surface area contributed by atoms with Crippen molar-refractivity contribution >= 4 is 0 Å². The van der Waals surface area contributed by atoms with Crippen LogP contribution >= 0.6 is 0 Å². The molecule has 0 N–H and O–H groups in total. The topological polar surface area (TPSA) is 0 Å². The van der Waals surface area contributed by atoms with Crippen molar-refractivity contribution in [1.82, 2.24) is 0 Å². The van der Waals surface area contributed by atoms with E-state index in [1.807, 2.05) is 0 Å². The molecule has 0 heterocycles. The molecule has 0 heteroatoms. The van der Waals surface area contributed by atoms with E-state index >= 15 is 0 Å². The van der Waals surface area contributed by atoms with E-state index in [2.05, 4.69) is 6.92 Å². The molecule has 12 heavy (non-hydrogen) atoms. The zero-order chi connectivity index (χ0) is 8.13. The predicted octanol–water partition coefficient (Wildman–Crippen LogP) is 3.47. The fraction of sp³-hybridized carbons (Fsp3) is 1.00. The van der Waals surface area contributed by atoms with Crippen molar-refractivity contribution < 1.29 is 0 Å². The monoisotopic (exact) mass is 164 g/mol. The van der Waals surface area contributed by atoms with E-state index in [-0.39, 0.29) is 0 Å². The average Bonchev–Trinajstić information content (AvgIpc) is 2.85. The van der Waals surface area contributed by atoms with Crippen molar-refractivity contribution in [3.8, 4) is 0 Å². The lowest BCUT2D eigenvalue weighted by molar-refractivity contribution is 0.0804. The van der Waals surface area contributed by atoms with Gasteiger partial charge in [-0.3, -0.25) is 0 Å². The summed E-state index contributed by atoms with van der Waals surface area (Å²) in [7, 11) is 0. The molecule has 0 spiro atoms. The van der Waals surface area contributed by atoms with Gasteiger partial charge in [0.2, 0.25) is 0 Å². The Hall–Kier alpha value is 0. The molecule has 0 saturated heterocycles. The molecule has 0 amide bonds. The maximum atomic E-state index is 2.35. The van der Waals surface area contributed by atoms with Crippen molar-refractivity contribution in [3.63, 3.8) is 0 Å². The molecule has 4 aliphatic rings. The third-order valence-electron chi connectivity index (χ3n) is 4.79. The van der Waals surface area contributed by atoms with Crippen LogP contribution in [0.1, 0.15) is 45.4 Å². The molecule has 4 saturated carbocycles. The highest BCUT2D eigenvalue weighted by Gasteiger charge is 2.56. The molecule has 2 bridgehead atoms. The van der Waals surface area contributed by atoms with Gasteiger partial charge in [-0.2, -0.15) is 0 Å². The quantitative estimate of drug-likeness (QED) is 0.586. The average molecular weight is 164 g/mol. The lowest BCUT2D eigenvalue weighted by Gasteiger charge is -2.42. The van der Waals surface area contributed by atoms with Crippen LogP contribution in [0.5, 0.6) is 0 Å². The Morgan fingerprint density at radius 2 is 1.92 bits per heavy atom. The Bertz CT molecular complexity index is 184. The summed E-state index contributed by atoms with van der Waals surface area (Å²) in [6.07, 6.45) is 9.37. The Labute approximate surface area is 75.7 Å². The zero-order valence-electron chi connectivity index (χ0n) is 8.13. The fourth-order valence-corrected chi connectivity index (χ4v) is 4.25. The third kappa shape index (κ3) is 0.900. The summed E-state index contributed by atoms with van der Waals surface area (Å²) < 4.78 is 0. The van der Waals surface area contributed by atoms with Crippen LogP contribution in [0.2, 0.25) is 0 Å². The minimum atomic E-state index is 1.15. The van der Waals surface area contributed by atoms with Crippen molar-refractivity contribution in [2.75, 3.05) is 0 Å². The van der Waals surface area contributed by atoms with Gasteiger partial charge in [0.15, 0.2) is 0 Å². The molecule has 4 rings (SSSR count). The maximum absolute atomic E-state index is 2.35. The van der Waals surface area contributed by atoms with Gasteiger partial charge in [0.05, 0.1) is 0 Å². The largest absolute Gasteiger partial charge is 0.0654 e. The first kappa shape index (κ1) is 7.41. The van der Waals surface area contributed by atoms with Gasteiger partial charge in [0.1, 0.15) is 0 Å². The summed E-state index contributed by atoms with van der Waals surface area (Å²) in [6.45, 7) is 2.35. The number of fused-ring (bicyclic) bond motifs is 2. The van der Waals surface area contributed by atoms with Crippen molar-refractivity contribution in [2.24, 2.45) is 29.6 Å². The second-order valence-corrected chi connectivity index (χ2v) is 5.35.